The van der Waals surface area contributed by atoms with Crippen LogP contribution in [0.15, 0.2) is 0 Å². The van der Waals surface area contributed by atoms with Gasteiger partial charge in [-0.05, 0) is 19.3 Å². The highest BCUT2D eigenvalue weighted by molar-refractivity contribution is 5.75. The van der Waals surface area contributed by atoms with E-state index < -0.39 is 12.1 Å². The number of ether oxygens (including phenoxy) is 2. The van der Waals surface area contributed by atoms with E-state index in [2.05, 4.69) is 13.8 Å². The molecule has 0 heterocycles. The number of hydrogen-bond donors (Lipinski definition) is 0. The van der Waals surface area contributed by atoms with Crippen molar-refractivity contribution in [3.8, 4) is 0 Å². The minimum atomic E-state index is -0.785. The van der Waals surface area contributed by atoms with Gasteiger partial charge < -0.3 is 9.47 Å². The first-order chi connectivity index (χ1) is 17.8. The Balaban J connectivity index is 3.53. The van der Waals surface area contributed by atoms with Gasteiger partial charge in [-0.3, -0.25) is 0 Å². The van der Waals surface area contributed by atoms with Gasteiger partial charge in [0.05, 0.1) is 6.61 Å². The Morgan fingerprint density at radius 2 is 0.861 bits per heavy atom. The van der Waals surface area contributed by atoms with Crippen LogP contribution in [-0.2, 0) is 19.1 Å². The molecule has 0 aromatic carbocycles. The van der Waals surface area contributed by atoms with Crippen LogP contribution in [0.1, 0.15) is 181 Å². The standard InChI is InChI=1S/C32H61O4/c1-3-5-7-9-11-13-15-16-17-19-21-23-25-27-29-35-32(34)31(36-30-33)28-26-24-22-20-18-14-12-10-8-6-4-2/h31H,3-29H2,1-2H3. The molecule has 1 unspecified atom stereocenters. The summed E-state index contributed by atoms with van der Waals surface area (Å²) in [6.45, 7) is 6.39. The molecule has 0 saturated carbocycles. The molecule has 0 N–H and O–H groups in total. The first-order valence-electron chi connectivity index (χ1n) is 16.0. The van der Waals surface area contributed by atoms with Crippen molar-refractivity contribution in [3.63, 3.8) is 0 Å². The zero-order valence-electron chi connectivity index (χ0n) is 24.3. The summed E-state index contributed by atoms with van der Waals surface area (Å²) in [5.41, 5.74) is 0. The number of esters is 1. The topological polar surface area (TPSA) is 52.6 Å². The van der Waals surface area contributed by atoms with E-state index in [0.29, 0.717) is 13.0 Å². The molecule has 4 heteroatoms. The number of carbonyl (C=O) groups is 1. The zero-order valence-corrected chi connectivity index (χ0v) is 24.3. The molecule has 0 aliphatic rings. The largest absolute Gasteiger partial charge is 0.463 e. The lowest BCUT2D eigenvalue weighted by Gasteiger charge is -2.14. The Morgan fingerprint density at radius 3 is 1.22 bits per heavy atom. The number of unbranched alkanes of at least 4 members (excludes halogenated alkanes) is 23. The van der Waals surface area contributed by atoms with Crippen molar-refractivity contribution in [1.82, 2.24) is 0 Å². The maximum Gasteiger partial charge on any atom is 0.418 e. The molecule has 4 nitrogen and oxygen atoms in total. The second-order valence-electron chi connectivity index (χ2n) is 10.8. The molecule has 1 atom stereocenters. The normalized spacial score (nSPS) is 11.9. The molecule has 0 spiro atoms. The number of hydrogen-bond acceptors (Lipinski definition) is 4. The van der Waals surface area contributed by atoms with Gasteiger partial charge in [0.1, 0.15) is 0 Å². The van der Waals surface area contributed by atoms with Crippen LogP contribution in [-0.4, -0.2) is 25.2 Å². The molecule has 0 aromatic rings. The minimum absolute atomic E-state index is 0.403. The summed E-state index contributed by atoms with van der Waals surface area (Å²) in [6.07, 6.45) is 31.8. The van der Waals surface area contributed by atoms with E-state index in [4.69, 9.17) is 9.47 Å². The zero-order chi connectivity index (χ0) is 26.4. The lowest BCUT2D eigenvalue weighted by molar-refractivity contribution is -0.153. The second kappa shape index (κ2) is 30.2. The molecule has 213 valence electrons. The number of carbonyl (C=O) groups excluding carboxylic acids is 2. The van der Waals surface area contributed by atoms with Gasteiger partial charge in [-0.1, -0.05) is 162 Å². The Hall–Kier alpha value is -1.06. The average Bonchev–Trinajstić information content (AvgIpc) is 2.88. The monoisotopic (exact) mass is 509 g/mol. The highest BCUT2D eigenvalue weighted by Crippen LogP contribution is 2.15. The van der Waals surface area contributed by atoms with Gasteiger partial charge >= 0.3 is 12.4 Å². The fourth-order valence-electron chi connectivity index (χ4n) is 4.84. The van der Waals surface area contributed by atoms with Crippen molar-refractivity contribution in [1.29, 1.82) is 0 Å². The van der Waals surface area contributed by atoms with E-state index in [1.165, 1.54) is 141 Å². The molecule has 36 heavy (non-hydrogen) atoms. The molecular formula is C32H61O4. The first kappa shape index (κ1) is 34.9. The van der Waals surface area contributed by atoms with Gasteiger partial charge in [0.25, 0.3) is 0 Å². The molecule has 0 bridgehead atoms. The summed E-state index contributed by atoms with van der Waals surface area (Å²) >= 11 is 0. The van der Waals surface area contributed by atoms with E-state index in [1.807, 2.05) is 0 Å². The van der Waals surface area contributed by atoms with Gasteiger partial charge in [-0.2, -0.15) is 0 Å². The first-order valence-corrected chi connectivity index (χ1v) is 16.0. The summed E-state index contributed by atoms with van der Waals surface area (Å²) in [6, 6.07) is 0. The SMILES string of the molecule is CCCCCCCCCCCCCCCCOC(=O)C(CCCCCCCCCCCCC)O[C]=O. The van der Waals surface area contributed by atoms with Crippen molar-refractivity contribution in [2.45, 2.75) is 187 Å². The van der Waals surface area contributed by atoms with Crippen molar-refractivity contribution in [3.05, 3.63) is 0 Å². The Kier molecular flexibility index (Phi) is 29.3. The van der Waals surface area contributed by atoms with Crippen molar-refractivity contribution >= 4 is 12.4 Å². The fraction of sp³-hybridized carbons (Fsp3) is 0.938. The van der Waals surface area contributed by atoms with Crippen LogP contribution < -0.4 is 0 Å². The van der Waals surface area contributed by atoms with Crippen LogP contribution >= 0.6 is 0 Å². The van der Waals surface area contributed by atoms with E-state index in [-0.39, 0.29) is 0 Å². The van der Waals surface area contributed by atoms with E-state index in [0.717, 1.165) is 25.7 Å². The van der Waals surface area contributed by atoms with Gasteiger partial charge in [0.15, 0.2) is 6.10 Å². The highest BCUT2D eigenvalue weighted by atomic mass is 16.6. The van der Waals surface area contributed by atoms with Gasteiger partial charge in [-0.25, -0.2) is 9.59 Å². The summed E-state index contributed by atoms with van der Waals surface area (Å²) in [4.78, 5) is 22.9. The molecule has 1 radical (unpaired) electrons. The van der Waals surface area contributed by atoms with E-state index in [9.17, 15) is 9.59 Å². The third-order valence-electron chi connectivity index (χ3n) is 7.27. The maximum atomic E-state index is 12.3. The van der Waals surface area contributed by atoms with Crippen molar-refractivity contribution in [2.75, 3.05) is 6.61 Å². The second-order valence-corrected chi connectivity index (χ2v) is 10.8. The summed E-state index contributed by atoms with van der Waals surface area (Å²) < 4.78 is 10.3. The molecule has 0 aromatic heterocycles. The number of rotatable bonds is 30. The average molecular weight is 510 g/mol. The molecule has 0 fully saturated rings. The third-order valence-corrected chi connectivity index (χ3v) is 7.27. The summed E-state index contributed by atoms with van der Waals surface area (Å²) in [7, 11) is 0. The quantitative estimate of drug-likeness (QED) is 0.0713. The Morgan fingerprint density at radius 1 is 0.528 bits per heavy atom. The smallest absolute Gasteiger partial charge is 0.418 e. The lowest BCUT2D eigenvalue weighted by atomic mass is 10.0. The molecule has 0 amide bonds. The Labute approximate surface area is 225 Å². The van der Waals surface area contributed by atoms with Crippen molar-refractivity contribution in [2.24, 2.45) is 0 Å². The van der Waals surface area contributed by atoms with Crippen LogP contribution in [0.25, 0.3) is 0 Å². The molecule has 0 aliphatic carbocycles. The van der Waals surface area contributed by atoms with Gasteiger partial charge in [0.2, 0.25) is 0 Å². The molecule has 0 saturated heterocycles. The summed E-state index contributed by atoms with van der Waals surface area (Å²) in [5.74, 6) is -0.403. The summed E-state index contributed by atoms with van der Waals surface area (Å²) in [5, 5.41) is 0. The van der Waals surface area contributed by atoms with Gasteiger partial charge in [-0.15, -0.1) is 0 Å². The van der Waals surface area contributed by atoms with Crippen LogP contribution in [0.3, 0.4) is 0 Å². The molecule has 0 rings (SSSR count). The van der Waals surface area contributed by atoms with E-state index in [1.54, 1.807) is 0 Å². The van der Waals surface area contributed by atoms with Crippen LogP contribution in [0.2, 0.25) is 0 Å². The third kappa shape index (κ3) is 26.0. The van der Waals surface area contributed by atoms with Gasteiger partial charge in [0, 0.05) is 0 Å². The Bertz CT molecular complexity index is 451. The van der Waals surface area contributed by atoms with Crippen LogP contribution in [0.5, 0.6) is 0 Å². The van der Waals surface area contributed by atoms with Crippen molar-refractivity contribution < 1.29 is 19.1 Å². The molecule has 0 aliphatic heterocycles. The van der Waals surface area contributed by atoms with E-state index >= 15 is 0 Å². The predicted molar refractivity (Wildman–Crippen MR) is 153 cm³/mol. The van der Waals surface area contributed by atoms with Crippen LogP contribution in [0, 0.1) is 0 Å². The fourth-order valence-corrected chi connectivity index (χ4v) is 4.84. The van der Waals surface area contributed by atoms with Crippen LogP contribution in [0.4, 0.5) is 0 Å². The lowest BCUT2D eigenvalue weighted by Crippen LogP contribution is -2.26. The highest BCUT2D eigenvalue weighted by Gasteiger charge is 2.21. The molecular weight excluding hydrogens is 448 g/mol. The maximum absolute atomic E-state index is 12.3. The predicted octanol–water partition coefficient (Wildman–Crippen LogP) is 10.2. The minimum Gasteiger partial charge on any atom is -0.463 e.